The molecule has 0 bridgehead atoms. The van der Waals surface area contributed by atoms with Gasteiger partial charge in [-0.15, -0.1) is 0 Å². The van der Waals surface area contributed by atoms with Crippen LogP contribution in [0.2, 0.25) is 0 Å². The lowest BCUT2D eigenvalue weighted by Crippen LogP contribution is -2.36. The molecule has 1 aliphatic heterocycles. The van der Waals surface area contributed by atoms with E-state index in [1.807, 2.05) is 0 Å². The van der Waals surface area contributed by atoms with Gasteiger partial charge in [0.15, 0.2) is 11.6 Å². The van der Waals surface area contributed by atoms with Gasteiger partial charge in [-0.1, -0.05) is 0 Å². The van der Waals surface area contributed by atoms with Crippen molar-refractivity contribution in [3.63, 3.8) is 0 Å². The smallest absolute Gasteiger partial charge is 0.475 e. The Morgan fingerprint density at radius 3 is 2.31 bits per heavy atom. The third kappa shape index (κ3) is 6.87. The van der Waals surface area contributed by atoms with Gasteiger partial charge in [-0.05, 0) is 68.0 Å². The van der Waals surface area contributed by atoms with E-state index in [-0.39, 0.29) is 5.56 Å². The average Bonchev–Trinajstić information content (AvgIpc) is 3.73. The van der Waals surface area contributed by atoms with Crippen molar-refractivity contribution in [1.29, 1.82) is 5.26 Å². The van der Waals surface area contributed by atoms with Crippen LogP contribution >= 0.6 is 0 Å². The molecule has 0 spiro atoms. The summed E-state index contributed by atoms with van der Waals surface area (Å²) in [7, 11) is 0. The first-order valence-corrected chi connectivity index (χ1v) is 12.1. The molecule has 1 saturated carbocycles. The largest absolute Gasteiger partial charge is 0.490 e. The van der Waals surface area contributed by atoms with E-state index in [9.17, 15) is 27.2 Å². The van der Waals surface area contributed by atoms with E-state index < -0.39 is 35.9 Å². The fourth-order valence-corrected chi connectivity index (χ4v) is 4.24. The van der Waals surface area contributed by atoms with E-state index in [0.29, 0.717) is 60.2 Å². The summed E-state index contributed by atoms with van der Waals surface area (Å²) >= 11 is 0. The van der Waals surface area contributed by atoms with E-state index in [4.69, 9.17) is 19.9 Å². The van der Waals surface area contributed by atoms with E-state index in [1.54, 1.807) is 18.2 Å². The van der Waals surface area contributed by atoms with Crippen molar-refractivity contribution < 1.29 is 36.2 Å². The first kappa shape index (κ1) is 27.9. The van der Waals surface area contributed by atoms with Crippen LogP contribution in [-0.4, -0.2) is 46.4 Å². The number of benzene rings is 2. The Hall–Kier alpha value is -4.08. The maximum Gasteiger partial charge on any atom is 0.490 e. The number of nitrogens with zero attached hydrogens (tertiary/aromatic N) is 4. The van der Waals surface area contributed by atoms with E-state index in [2.05, 4.69) is 16.3 Å². The summed E-state index contributed by atoms with van der Waals surface area (Å²) < 4.78 is 74.3. The van der Waals surface area contributed by atoms with Crippen molar-refractivity contribution in [2.24, 2.45) is 5.92 Å². The molecule has 1 unspecified atom stereocenters. The molecule has 2 fully saturated rings. The van der Waals surface area contributed by atoms with E-state index >= 15 is 4.39 Å². The Morgan fingerprint density at radius 2 is 1.72 bits per heavy atom. The van der Waals surface area contributed by atoms with Gasteiger partial charge in [-0.3, -0.25) is 0 Å². The number of anilines is 2. The highest BCUT2D eigenvalue weighted by atomic mass is 19.4. The van der Waals surface area contributed by atoms with Gasteiger partial charge in [0.05, 0.1) is 22.7 Å². The van der Waals surface area contributed by atoms with Gasteiger partial charge in [-0.25, -0.2) is 27.9 Å². The molecule has 2 aromatic carbocycles. The molecule has 1 aromatic heterocycles. The number of aliphatic carboxylic acids is 1. The number of carboxylic acid groups (broad SMARTS) is 1. The zero-order chi connectivity index (χ0) is 28.3. The molecule has 39 heavy (non-hydrogen) atoms. The normalized spacial score (nSPS) is 16.7. The average molecular weight is 551 g/mol. The number of alkyl halides is 4. The Labute approximate surface area is 219 Å². The van der Waals surface area contributed by atoms with Gasteiger partial charge >= 0.3 is 12.1 Å². The number of aromatic nitrogens is 2. The van der Waals surface area contributed by atoms with E-state index in [0.717, 1.165) is 31.0 Å². The predicted octanol–water partition coefficient (Wildman–Crippen LogP) is 5.91. The molecule has 0 amide bonds. The van der Waals surface area contributed by atoms with Crippen molar-refractivity contribution in [2.75, 3.05) is 23.3 Å². The molecule has 0 radical (unpaired) electrons. The third-order valence-electron chi connectivity index (χ3n) is 6.44. The molecule has 206 valence electrons. The summed E-state index contributed by atoms with van der Waals surface area (Å²) in [6.45, 7) is 1.05. The summed E-state index contributed by atoms with van der Waals surface area (Å²) in [5.74, 6) is -3.14. The number of rotatable bonds is 5. The monoisotopic (exact) mass is 551 g/mol. The third-order valence-corrected chi connectivity index (χ3v) is 6.44. The summed E-state index contributed by atoms with van der Waals surface area (Å²) in [5, 5.41) is 19.8. The van der Waals surface area contributed by atoms with Gasteiger partial charge < -0.3 is 15.3 Å². The maximum absolute atomic E-state index is 15.0. The van der Waals surface area contributed by atoms with Crippen molar-refractivity contribution in [3.05, 3.63) is 59.2 Å². The van der Waals surface area contributed by atoms with Crippen LogP contribution in [0.5, 0.6) is 0 Å². The molecule has 1 aliphatic carbocycles. The van der Waals surface area contributed by atoms with Crippen LogP contribution in [0.25, 0.3) is 11.0 Å². The SMILES string of the molecule is N#Cc1ccc2nc(NC3CC3)c(N3CCC(C(F)c4cc(F)ccc4F)CC3)nc2c1.O=C(O)C(F)(F)F. The van der Waals surface area contributed by atoms with Crippen molar-refractivity contribution in [3.8, 4) is 6.07 Å². The van der Waals surface area contributed by atoms with Gasteiger partial charge in [0, 0.05) is 24.7 Å². The number of hydrogen-bond acceptors (Lipinski definition) is 6. The molecule has 2 N–H and O–H groups in total. The first-order valence-electron chi connectivity index (χ1n) is 12.1. The number of nitrogens with one attached hydrogen (secondary N) is 1. The Morgan fingerprint density at radius 1 is 1.05 bits per heavy atom. The van der Waals surface area contributed by atoms with E-state index in [1.165, 1.54) is 0 Å². The highest BCUT2D eigenvalue weighted by Gasteiger charge is 2.38. The second-order valence-electron chi connectivity index (χ2n) is 9.32. The standard InChI is InChI=1S/C24H22F3N5.C2HF3O2/c25-16-2-5-19(26)18(12-16)22(27)15-7-9-32(10-8-15)24-23(29-17-3-4-17)30-20-6-1-14(13-28)11-21(20)31-24;3-2(4,5)1(6)7/h1-2,5-6,11-12,15,17,22H,3-4,7-10H2,(H,29,30);(H,6,7). The number of halogens is 6. The van der Waals surface area contributed by atoms with Crippen LogP contribution in [0.3, 0.4) is 0 Å². The minimum atomic E-state index is -5.08. The fraction of sp³-hybridized carbons (Fsp3) is 0.385. The van der Waals surface area contributed by atoms with Crippen LogP contribution in [0.1, 0.15) is 43.0 Å². The fourth-order valence-electron chi connectivity index (χ4n) is 4.24. The lowest BCUT2D eigenvalue weighted by atomic mass is 9.88. The Kier molecular flexibility index (Phi) is 8.13. The minimum Gasteiger partial charge on any atom is -0.475 e. The molecule has 2 aliphatic rings. The molecular formula is C26H23F6N5O2. The summed E-state index contributed by atoms with van der Waals surface area (Å²) in [5.41, 5.74) is 1.63. The highest BCUT2D eigenvalue weighted by molar-refractivity contribution is 5.82. The number of carboxylic acids is 1. The maximum atomic E-state index is 15.0. The molecule has 1 saturated heterocycles. The molecule has 3 aromatic rings. The molecule has 13 heteroatoms. The molecule has 7 nitrogen and oxygen atoms in total. The van der Waals surface area contributed by atoms with Crippen LogP contribution in [0.4, 0.5) is 38.0 Å². The van der Waals surface area contributed by atoms with Crippen LogP contribution in [0.15, 0.2) is 36.4 Å². The van der Waals surface area contributed by atoms with Crippen molar-refractivity contribution >= 4 is 28.6 Å². The van der Waals surface area contributed by atoms with Gasteiger partial charge in [-0.2, -0.15) is 18.4 Å². The number of carbonyl (C=O) groups is 1. The van der Waals surface area contributed by atoms with Crippen molar-refractivity contribution in [1.82, 2.24) is 9.97 Å². The lowest BCUT2D eigenvalue weighted by Gasteiger charge is -2.35. The van der Waals surface area contributed by atoms with Crippen LogP contribution in [0, 0.1) is 28.9 Å². The van der Waals surface area contributed by atoms with Gasteiger partial charge in [0.1, 0.15) is 17.8 Å². The summed E-state index contributed by atoms with van der Waals surface area (Å²) in [6.07, 6.45) is -3.51. The lowest BCUT2D eigenvalue weighted by molar-refractivity contribution is -0.192. The minimum absolute atomic E-state index is 0.214. The number of piperidine rings is 1. The van der Waals surface area contributed by atoms with Gasteiger partial charge in [0.2, 0.25) is 0 Å². The molecule has 5 rings (SSSR count). The quantitative estimate of drug-likeness (QED) is 0.380. The molecular weight excluding hydrogens is 528 g/mol. The van der Waals surface area contributed by atoms with Crippen LogP contribution < -0.4 is 10.2 Å². The number of fused-ring (bicyclic) bond motifs is 1. The van der Waals surface area contributed by atoms with Gasteiger partial charge in [0.25, 0.3) is 0 Å². The zero-order valence-corrected chi connectivity index (χ0v) is 20.4. The highest BCUT2D eigenvalue weighted by Crippen LogP contribution is 2.38. The Bertz CT molecular complexity index is 1400. The summed E-state index contributed by atoms with van der Waals surface area (Å²) in [6, 6.07) is 10.6. The van der Waals surface area contributed by atoms with Crippen molar-refractivity contribution in [2.45, 2.75) is 44.1 Å². The summed E-state index contributed by atoms with van der Waals surface area (Å²) in [4.78, 5) is 20.5. The first-order chi connectivity index (χ1) is 18.5. The molecule has 2 heterocycles. The Balaban J connectivity index is 0.000000448. The number of hydrogen-bond donors (Lipinski definition) is 2. The molecule has 1 atom stereocenters. The topological polar surface area (TPSA) is 102 Å². The van der Waals surface area contributed by atoms with Crippen LogP contribution in [-0.2, 0) is 4.79 Å². The second-order valence-corrected chi connectivity index (χ2v) is 9.32. The predicted molar refractivity (Wildman–Crippen MR) is 130 cm³/mol. The second kappa shape index (κ2) is 11.3. The zero-order valence-electron chi connectivity index (χ0n) is 20.4. The number of nitriles is 1.